The lowest BCUT2D eigenvalue weighted by Gasteiger charge is -2.55. The molecule has 7 heteroatoms. The molecule has 0 spiro atoms. The van der Waals surface area contributed by atoms with Crippen LogP contribution in [0.5, 0.6) is 0 Å². The third-order valence-corrected chi connectivity index (χ3v) is 7.08. The van der Waals surface area contributed by atoms with Gasteiger partial charge in [0.1, 0.15) is 0 Å². The zero-order valence-corrected chi connectivity index (χ0v) is 16.2. The molecule has 0 unspecified atom stereocenters. The second kappa shape index (κ2) is 6.68. The quantitative estimate of drug-likeness (QED) is 0.772. The molecule has 1 aromatic rings. The second-order valence-corrected chi connectivity index (χ2v) is 9.12. The van der Waals surface area contributed by atoms with Gasteiger partial charge < -0.3 is 10.2 Å². The van der Waals surface area contributed by atoms with Crippen molar-refractivity contribution in [1.29, 1.82) is 0 Å². The maximum atomic E-state index is 12.9. The molecule has 7 nitrogen and oxygen atoms in total. The highest BCUT2D eigenvalue weighted by atomic mass is 16.7. The molecule has 152 valence electrons. The van der Waals surface area contributed by atoms with E-state index in [4.69, 9.17) is 4.84 Å². The molecular weight excluding hydrogens is 372 g/mol. The summed E-state index contributed by atoms with van der Waals surface area (Å²) in [4.78, 5) is 54.5. The molecule has 0 atom stereocenters. The van der Waals surface area contributed by atoms with E-state index >= 15 is 0 Å². The lowest BCUT2D eigenvalue weighted by molar-refractivity contribution is -0.168. The van der Waals surface area contributed by atoms with Gasteiger partial charge in [0.05, 0.1) is 17.5 Å². The summed E-state index contributed by atoms with van der Waals surface area (Å²) in [6.07, 6.45) is 6.59. The highest BCUT2D eigenvalue weighted by molar-refractivity contribution is 6.20. The Morgan fingerprint density at radius 2 is 1.48 bits per heavy atom. The summed E-state index contributed by atoms with van der Waals surface area (Å²) in [7, 11) is 0. The average Bonchev–Trinajstić information content (AvgIpc) is 2.92. The fraction of sp³-hybridized carbons (Fsp3) is 0.545. The van der Waals surface area contributed by atoms with Gasteiger partial charge in [0, 0.05) is 12.0 Å². The van der Waals surface area contributed by atoms with Crippen LogP contribution in [-0.4, -0.2) is 35.3 Å². The summed E-state index contributed by atoms with van der Waals surface area (Å²) in [5, 5.41) is 3.41. The van der Waals surface area contributed by atoms with E-state index in [0.717, 1.165) is 19.3 Å². The largest absolute Gasteiger partial charge is 0.355 e. The SMILES string of the molecule is O=C(CCNC(=O)C12CC3CC(CC(C3)C1)C2)ON1C(=O)c2ccccc2C1=O. The average molecular weight is 396 g/mol. The van der Waals surface area contributed by atoms with E-state index in [1.54, 1.807) is 12.1 Å². The first kappa shape index (κ1) is 18.3. The van der Waals surface area contributed by atoms with E-state index in [9.17, 15) is 19.2 Å². The topological polar surface area (TPSA) is 92.8 Å². The highest BCUT2D eigenvalue weighted by Crippen LogP contribution is 2.60. The highest BCUT2D eigenvalue weighted by Gasteiger charge is 2.54. The van der Waals surface area contributed by atoms with Gasteiger partial charge in [-0.15, -0.1) is 0 Å². The van der Waals surface area contributed by atoms with Crippen LogP contribution < -0.4 is 5.32 Å². The van der Waals surface area contributed by atoms with Crippen molar-refractivity contribution in [3.05, 3.63) is 35.4 Å². The Balaban J connectivity index is 1.14. The van der Waals surface area contributed by atoms with Gasteiger partial charge in [-0.1, -0.05) is 17.2 Å². The number of hydrogen-bond donors (Lipinski definition) is 1. The van der Waals surface area contributed by atoms with Gasteiger partial charge >= 0.3 is 5.97 Å². The van der Waals surface area contributed by atoms with Gasteiger partial charge in [0.15, 0.2) is 0 Å². The minimum absolute atomic E-state index is 0.0464. The van der Waals surface area contributed by atoms with Gasteiger partial charge in [-0.05, 0) is 68.4 Å². The van der Waals surface area contributed by atoms with Crippen LogP contribution in [0.2, 0.25) is 0 Å². The molecule has 1 aromatic carbocycles. The van der Waals surface area contributed by atoms with Crippen LogP contribution in [0, 0.1) is 23.2 Å². The van der Waals surface area contributed by atoms with Crippen LogP contribution in [0.3, 0.4) is 0 Å². The number of hydroxylamine groups is 2. The fourth-order valence-electron chi connectivity index (χ4n) is 6.25. The Kier molecular flexibility index (Phi) is 4.22. The molecule has 1 heterocycles. The number of carbonyl (C=O) groups is 4. The van der Waals surface area contributed by atoms with Crippen LogP contribution in [0.1, 0.15) is 65.7 Å². The normalized spacial score (nSPS) is 31.7. The van der Waals surface area contributed by atoms with E-state index in [1.165, 1.54) is 31.4 Å². The number of amides is 3. The number of nitrogens with one attached hydrogen (secondary N) is 1. The minimum Gasteiger partial charge on any atom is -0.355 e. The van der Waals surface area contributed by atoms with Crippen molar-refractivity contribution in [2.45, 2.75) is 44.9 Å². The Hall–Kier alpha value is -2.70. The number of carbonyl (C=O) groups excluding carboxylic acids is 4. The number of fused-ring (bicyclic) bond motifs is 1. The van der Waals surface area contributed by atoms with Crippen molar-refractivity contribution >= 4 is 23.7 Å². The smallest absolute Gasteiger partial charge is 0.335 e. The van der Waals surface area contributed by atoms with E-state index in [-0.39, 0.29) is 35.4 Å². The van der Waals surface area contributed by atoms with E-state index in [0.29, 0.717) is 22.8 Å². The number of benzene rings is 1. The summed E-state index contributed by atoms with van der Waals surface area (Å²) in [6, 6.07) is 6.34. The third-order valence-electron chi connectivity index (χ3n) is 7.08. The summed E-state index contributed by atoms with van der Waals surface area (Å²) >= 11 is 0. The van der Waals surface area contributed by atoms with Crippen LogP contribution in [0.15, 0.2) is 24.3 Å². The van der Waals surface area contributed by atoms with Crippen LogP contribution in [0.25, 0.3) is 0 Å². The summed E-state index contributed by atoms with van der Waals surface area (Å²) in [5.41, 5.74) is 0.183. The van der Waals surface area contributed by atoms with Crippen LogP contribution in [-0.2, 0) is 14.4 Å². The monoisotopic (exact) mass is 396 g/mol. The molecular formula is C22H24N2O5. The van der Waals surface area contributed by atoms with Crippen molar-refractivity contribution < 1.29 is 24.0 Å². The molecule has 0 radical (unpaired) electrons. The molecule has 29 heavy (non-hydrogen) atoms. The van der Waals surface area contributed by atoms with Gasteiger partial charge in [-0.3, -0.25) is 14.4 Å². The Morgan fingerprint density at radius 3 is 2.00 bits per heavy atom. The standard InChI is InChI=1S/C22H24N2O5/c25-18(29-24-19(26)16-3-1-2-4-17(16)20(24)27)5-6-23-21(28)22-10-13-7-14(11-22)9-15(8-13)12-22/h1-4,13-15H,5-12H2,(H,23,28). The van der Waals surface area contributed by atoms with Crippen molar-refractivity contribution in [2.75, 3.05) is 6.54 Å². The van der Waals surface area contributed by atoms with Gasteiger partial charge in [0.2, 0.25) is 5.91 Å². The summed E-state index contributed by atoms with van der Waals surface area (Å²) < 4.78 is 0. The molecule has 0 aromatic heterocycles. The molecule has 1 aliphatic heterocycles. The molecule has 4 aliphatic carbocycles. The van der Waals surface area contributed by atoms with E-state index in [2.05, 4.69) is 5.32 Å². The van der Waals surface area contributed by atoms with Gasteiger partial charge in [-0.2, -0.15) is 0 Å². The molecule has 4 bridgehead atoms. The maximum Gasteiger partial charge on any atom is 0.335 e. The van der Waals surface area contributed by atoms with Gasteiger partial charge in [-0.25, -0.2) is 4.79 Å². The number of imide groups is 1. The maximum absolute atomic E-state index is 12.9. The van der Waals surface area contributed by atoms with Crippen molar-refractivity contribution in [2.24, 2.45) is 23.2 Å². The van der Waals surface area contributed by atoms with Crippen molar-refractivity contribution in [1.82, 2.24) is 10.4 Å². The summed E-state index contributed by atoms with van der Waals surface area (Å²) in [5.74, 6) is 0.0610. The van der Waals surface area contributed by atoms with Crippen LogP contribution in [0.4, 0.5) is 0 Å². The number of hydrogen-bond acceptors (Lipinski definition) is 5. The fourth-order valence-corrected chi connectivity index (χ4v) is 6.25. The molecule has 1 N–H and O–H groups in total. The first-order valence-electron chi connectivity index (χ1n) is 10.4. The predicted octanol–water partition coefficient (Wildman–Crippen LogP) is 2.46. The Bertz CT molecular complexity index is 838. The Morgan fingerprint density at radius 1 is 0.966 bits per heavy atom. The lowest BCUT2D eigenvalue weighted by Crippen LogP contribution is -2.53. The van der Waals surface area contributed by atoms with Crippen molar-refractivity contribution in [3.8, 4) is 0 Å². The number of rotatable bonds is 5. The summed E-state index contributed by atoms with van der Waals surface area (Å²) in [6.45, 7) is 0.141. The molecule has 3 amide bonds. The second-order valence-electron chi connectivity index (χ2n) is 9.12. The molecule has 0 saturated heterocycles. The minimum atomic E-state index is -0.717. The van der Waals surface area contributed by atoms with Crippen molar-refractivity contribution in [3.63, 3.8) is 0 Å². The molecule has 4 saturated carbocycles. The first-order valence-corrected chi connectivity index (χ1v) is 10.4. The van der Waals surface area contributed by atoms with E-state index < -0.39 is 17.8 Å². The van der Waals surface area contributed by atoms with Crippen LogP contribution >= 0.6 is 0 Å². The van der Waals surface area contributed by atoms with Gasteiger partial charge in [0.25, 0.3) is 11.8 Å². The molecule has 4 fully saturated rings. The first-order chi connectivity index (χ1) is 13.9. The lowest BCUT2D eigenvalue weighted by atomic mass is 9.49. The Labute approximate surface area is 168 Å². The molecule has 5 aliphatic rings. The van der Waals surface area contributed by atoms with E-state index in [1.807, 2.05) is 0 Å². The predicted molar refractivity (Wildman–Crippen MR) is 101 cm³/mol. The third kappa shape index (κ3) is 3.03. The zero-order valence-electron chi connectivity index (χ0n) is 16.2. The zero-order chi connectivity index (χ0) is 20.2. The molecule has 6 rings (SSSR count). The number of nitrogens with zero attached hydrogens (tertiary/aromatic N) is 1.